The maximum absolute atomic E-state index is 13.3. The van der Waals surface area contributed by atoms with Crippen molar-refractivity contribution in [3.05, 3.63) is 53.6 Å². The number of nitrogens with one attached hydrogen (secondary N) is 2. The van der Waals surface area contributed by atoms with Crippen LogP contribution in [-0.4, -0.2) is 58.5 Å². The van der Waals surface area contributed by atoms with Gasteiger partial charge in [0.15, 0.2) is 0 Å². The second-order valence-electron chi connectivity index (χ2n) is 9.80. The number of hydrogen-bond acceptors (Lipinski definition) is 5. The highest BCUT2D eigenvalue weighted by Crippen LogP contribution is 2.31. The van der Waals surface area contributed by atoms with E-state index in [1.807, 2.05) is 29.2 Å². The third-order valence-corrected chi connectivity index (χ3v) is 8.13. The summed E-state index contributed by atoms with van der Waals surface area (Å²) in [5, 5.41) is 3.33. The Labute approximate surface area is 203 Å². The van der Waals surface area contributed by atoms with Crippen LogP contribution in [-0.2, 0) is 10.0 Å². The van der Waals surface area contributed by atoms with E-state index < -0.39 is 10.0 Å². The lowest BCUT2D eigenvalue weighted by molar-refractivity contribution is 0.0683. The summed E-state index contributed by atoms with van der Waals surface area (Å²) >= 11 is 0. The Kier molecular flexibility index (Phi) is 7.48. The summed E-state index contributed by atoms with van der Waals surface area (Å²) < 4.78 is 29.4. The summed E-state index contributed by atoms with van der Waals surface area (Å²) in [6.45, 7) is 11.0. The molecule has 2 aromatic rings. The first-order chi connectivity index (χ1) is 16.2. The molecule has 2 fully saturated rings. The largest absolute Gasteiger partial charge is 0.367 e. The van der Waals surface area contributed by atoms with Crippen LogP contribution in [0.3, 0.4) is 0 Å². The van der Waals surface area contributed by atoms with Crippen molar-refractivity contribution in [2.45, 2.75) is 44.4 Å². The molecule has 34 heavy (non-hydrogen) atoms. The number of likely N-dealkylation sites (tertiary alicyclic amines) is 1. The van der Waals surface area contributed by atoms with Crippen LogP contribution >= 0.6 is 0 Å². The number of rotatable bonds is 6. The van der Waals surface area contributed by atoms with Crippen LogP contribution in [0.1, 0.15) is 55.5 Å². The highest BCUT2D eigenvalue weighted by molar-refractivity contribution is 7.92. The Bertz CT molecular complexity index is 1110. The summed E-state index contributed by atoms with van der Waals surface area (Å²) in [4.78, 5) is 17.5. The van der Waals surface area contributed by atoms with E-state index in [9.17, 15) is 13.2 Å². The number of carbonyl (C=O) groups is 1. The van der Waals surface area contributed by atoms with Crippen molar-refractivity contribution >= 4 is 27.3 Å². The molecule has 0 aromatic heterocycles. The average molecular weight is 485 g/mol. The van der Waals surface area contributed by atoms with Crippen LogP contribution in [0.5, 0.6) is 0 Å². The molecule has 2 heterocycles. The fourth-order valence-electron chi connectivity index (χ4n) is 4.72. The van der Waals surface area contributed by atoms with Crippen LogP contribution in [0.25, 0.3) is 0 Å². The molecule has 184 valence electrons. The average Bonchev–Trinajstić information content (AvgIpc) is 2.84. The number of hydrogen-bond donors (Lipinski definition) is 2. The molecule has 2 aliphatic heterocycles. The van der Waals surface area contributed by atoms with Gasteiger partial charge >= 0.3 is 0 Å². The van der Waals surface area contributed by atoms with Crippen molar-refractivity contribution in [1.82, 2.24) is 10.2 Å². The zero-order valence-corrected chi connectivity index (χ0v) is 21.2. The summed E-state index contributed by atoms with van der Waals surface area (Å²) in [5.74, 6) is 0.758. The van der Waals surface area contributed by atoms with Crippen molar-refractivity contribution in [3.63, 3.8) is 0 Å². The van der Waals surface area contributed by atoms with Gasteiger partial charge in [-0.15, -0.1) is 0 Å². The molecule has 1 atom stereocenters. The van der Waals surface area contributed by atoms with Crippen LogP contribution < -0.4 is 14.9 Å². The quantitative estimate of drug-likeness (QED) is 0.650. The molecule has 4 rings (SSSR count). The van der Waals surface area contributed by atoms with Crippen molar-refractivity contribution in [3.8, 4) is 0 Å². The van der Waals surface area contributed by atoms with Gasteiger partial charge in [0.05, 0.1) is 16.3 Å². The molecule has 0 spiro atoms. The number of sulfonamides is 1. The summed E-state index contributed by atoms with van der Waals surface area (Å²) in [5.41, 5.74) is 2.85. The molecule has 0 unspecified atom stereocenters. The number of anilines is 2. The van der Waals surface area contributed by atoms with E-state index in [4.69, 9.17) is 0 Å². The third kappa shape index (κ3) is 5.55. The van der Waals surface area contributed by atoms with Gasteiger partial charge in [-0.05, 0) is 60.6 Å². The molecule has 2 N–H and O–H groups in total. The lowest BCUT2D eigenvalue weighted by atomic mass is 9.99. The minimum absolute atomic E-state index is 0.0415. The number of carbonyl (C=O) groups excluding carboxylic acids is 1. The zero-order chi connectivity index (χ0) is 24.3. The molecule has 0 aliphatic carbocycles. The van der Waals surface area contributed by atoms with Gasteiger partial charge in [-0.2, -0.15) is 0 Å². The number of benzene rings is 2. The van der Waals surface area contributed by atoms with Crippen LogP contribution in [0.2, 0.25) is 0 Å². The highest BCUT2D eigenvalue weighted by atomic mass is 32.2. The standard InChI is InChI=1S/C26H36N4O3S/c1-19(2)21-6-9-23(10-7-21)34(32,33)28-24-17-22(26(31)30-14-4-5-20(3)18-30)8-11-25(24)29-15-12-27-13-16-29/h6-11,17,19-20,27-28H,4-5,12-16,18H2,1-3H3/t20-/m1/s1. The van der Waals surface area contributed by atoms with E-state index in [-0.39, 0.29) is 10.8 Å². The van der Waals surface area contributed by atoms with Gasteiger partial charge in [0.2, 0.25) is 0 Å². The predicted octanol–water partition coefficient (Wildman–Crippen LogP) is 3.89. The molecular formula is C26H36N4O3S. The Balaban J connectivity index is 1.66. The molecule has 0 radical (unpaired) electrons. The SMILES string of the molecule is CC(C)c1ccc(S(=O)(=O)Nc2cc(C(=O)N3CCC[C@@H](C)C3)ccc2N2CCNCC2)cc1. The van der Waals surface area contributed by atoms with Gasteiger partial charge in [-0.3, -0.25) is 9.52 Å². The number of amides is 1. The number of piperidine rings is 1. The molecule has 8 heteroatoms. The Morgan fingerprint density at radius 1 is 1.06 bits per heavy atom. The molecule has 1 amide bonds. The predicted molar refractivity (Wildman–Crippen MR) is 137 cm³/mol. The maximum Gasteiger partial charge on any atom is 0.261 e. The molecule has 0 bridgehead atoms. The topological polar surface area (TPSA) is 81.8 Å². The minimum Gasteiger partial charge on any atom is -0.367 e. The zero-order valence-electron chi connectivity index (χ0n) is 20.4. The minimum atomic E-state index is -3.81. The van der Waals surface area contributed by atoms with Crippen molar-refractivity contribution < 1.29 is 13.2 Å². The second kappa shape index (κ2) is 10.4. The van der Waals surface area contributed by atoms with E-state index >= 15 is 0 Å². The van der Waals surface area contributed by atoms with Crippen molar-refractivity contribution in [2.24, 2.45) is 5.92 Å². The Morgan fingerprint density at radius 2 is 1.76 bits per heavy atom. The van der Waals surface area contributed by atoms with E-state index in [1.54, 1.807) is 18.2 Å². The molecular weight excluding hydrogens is 448 g/mol. The van der Waals surface area contributed by atoms with Crippen LogP contribution in [0.15, 0.2) is 47.4 Å². The van der Waals surface area contributed by atoms with E-state index in [2.05, 4.69) is 35.7 Å². The van der Waals surface area contributed by atoms with Crippen LogP contribution in [0, 0.1) is 5.92 Å². The van der Waals surface area contributed by atoms with Crippen molar-refractivity contribution in [1.29, 1.82) is 0 Å². The Hall–Kier alpha value is -2.58. The normalized spacial score (nSPS) is 19.4. The second-order valence-corrected chi connectivity index (χ2v) is 11.5. The van der Waals surface area contributed by atoms with E-state index in [0.717, 1.165) is 63.4 Å². The molecule has 2 saturated heterocycles. The number of nitrogens with zero attached hydrogens (tertiary/aromatic N) is 2. The monoisotopic (exact) mass is 484 g/mol. The molecule has 2 aliphatic rings. The smallest absolute Gasteiger partial charge is 0.261 e. The lowest BCUT2D eigenvalue weighted by Crippen LogP contribution is -2.44. The first-order valence-corrected chi connectivity index (χ1v) is 13.7. The third-order valence-electron chi connectivity index (χ3n) is 6.75. The van der Waals surface area contributed by atoms with Crippen LogP contribution in [0.4, 0.5) is 11.4 Å². The van der Waals surface area contributed by atoms with Crippen molar-refractivity contribution in [2.75, 3.05) is 48.9 Å². The van der Waals surface area contributed by atoms with Gasteiger partial charge in [-0.25, -0.2) is 8.42 Å². The molecule has 0 saturated carbocycles. The van der Waals surface area contributed by atoms with Gasteiger partial charge in [-0.1, -0.05) is 32.9 Å². The maximum atomic E-state index is 13.3. The fourth-order valence-corrected chi connectivity index (χ4v) is 5.79. The summed E-state index contributed by atoms with van der Waals surface area (Å²) in [7, 11) is -3.81. The first kappa shape index (κ1) is 24.5. The highest BCUT2D eigenvalue weighted by Gasteiger charge is 2.25. The van der Waals surface area contributed by atoms with Gasteiger partial charge in [0.25, 0.3) is 15.9 Å². The van der Waals surface area contributed by atoms with Gasteiger partial charge in [0, 0.05) is 44.8 Å². The lowest BCUT2D eigenvalue weighted by Gasteiger charge is -2.33. The summed E-state index contributed by atoms with van der Waals surface area (Å²) in [6.07, 6.45) is 2.13. The van der Waals surface area contributed by atoms with E-state index in [1.165, 1.54) is 0 Å². The van der Waals surface area contributed by atoms with Gasteiger partial charge in [0.1, 0.15) is 0 Å². The van der Waals surface area contributed by atoms with E-state index in [0.29, 0.717) is 23.1 Å². The van der Waals surface area contributed by atoms with Gasteiger partial charge < -0.3 is 15.1 Å². The molecule has 7 nitrogen and oxygen atoms in total. The Morgan fingerprint density at radius 3 is 2.41 bits per heavy atom. The first-order valence-electron chi connectivity index (χ1n) is 12.3. The molecule has 2 aromatic carbocycles. The number of piperazine rings is 1. The fraction of sp³-hybridized carbons (Fsp3) is 0.500. The summed E-state index contributed by atoms with van der Waals surface area (Å²) in [6, 6.07) is 12.4.